The summed E-state index contributed by atoms with van der Waals surface area (Å²) in [5.74, 6) is 0. The minimum Gasteiger partial charge on any atom is -0.299 e. The van der Waals surface area contributed by atoms with Gasteiger partial charge in [-0.3, -0.25) is 4.79 Å². The van der Waals surface area contributed by atoms with Crippen molar-refractivity contribution in [3.8, 4) is 0 Å². The van der Waals surface area contributed by atoms with E-state index in [1.165, 1.54) is 36.0 Å². The summed E-state index contributed by atoms with van der Waals surface area (Å²) < 4.78 is 0. The normalized spacial score (nSPS) is 20.0. The van der Waals surface area contributed by atoms with Crippen LogP contribution in [0.25, 0.3) is 0 Å². The zero-order chi connectivity index (χ0) is 20.9. The minimum absolute atomic E-state index is 0.0446. The van der Waals surface area contributed by atoms with Crippen molar-refractivity contribution in [2.45, 2.75) is 81.6 Å². The number of aldehydes is 1. The highest BCUT2D eigenvalue weighted by Gasteiger charge is 2.26. The second-order valence-corrected chi connectivity index (χ2v) is 10.5. The van der Waals surface area contributed by atoms with E-state index in [2.05, 4.69) is 92.7 Å². The summed E-state index contributed by atoms with van der Waals surface area (Å²) in [7, 11) is 0. The quantitative estimate of drug-likeness (QED) is 0.275. The molecular formula is C26H40O. The first-order valence-corrected chi connectivity index (χ1v) is 10.2. The van der Waals surface area contributed by atoms with Gasteiger partial charge in [-0.25, -0.2) is 0 Å². The van der Waals surface area contributed by atoms with E-state index in [-0.39, 0.29) is 16.2 Å². The molecule has 1 rings (SSSR count). The van der Waals surface area contributed by atoms with Gasteiger partial charge < -0.3 is 0 Å². The van der Waals surface area contributed by atoms with Gasteiger partial charge in [0.1, 0.15) is 6.29 Å². The van der Waals surface area contributed by atoms with E-state index >= 15 is 0 Å². The maximum absolute atomic E-state index is 10.9. The predicted molar refractivity (Wildman–Crippen MR) is 120 cm³/mol. The van der Waals surface area contributed by atoms with Crippen molar-refractivity contribution < 1.29 is 4.79 Å². The molecule has 0 spiro atoms. The molecule has 1 aliphatic rings. The first kappa shape index (κ1) is 23.4. The maximum atomic E-state index is 10.9. The Morgan fingerprint density at radius 2 is 1.48 bits per heavy atom. The first-order valence-electron chi connectivity index (χ1n) is 10.2. The Labute approximate surface area is 168 Å². The highest BCUT2D eigenvalue weighted by Crippen LogP contribution is 2.41. The summed E-state index contributed by atoms with van der Waals surface area (Å²) in [6, 6.07) is 0. The highest BCUT2D eigenvalue weighted by molar-refractivity contribution is 5.67. The zero-order valence-electron chi connectivity index (χ0n) is 19.1. The van der Waals surface area contributed by atoms with E-state index in [4.69, 9.17) is 0 Å². The molecule has 0 saturated carbocycles. The number of hydrogen-bond acceptors (Lipinski definition) is 1. The van der Waals surface area contributed by atoms with Crippen molar-refractivity contribution in [3.63, 3.8) is 0 Å². The molecule has 0 unspecified atom stereocenters. The molecule has 0 N–H and O–H groups in total. The molecule has 1 aliphatic carbocycles. The van der Waals surface area contributed by atoms with Crippen LogP contribution in [0.4, 0.5) is 0 Å². The Hall–Kier alpha value is -1.63. The summed E-state index contributed by atoms with van der Waals surface area (Å²) in [4.78, 5) is 10.9. The van der Waals surface area contributed by atoms with E-state index in [1.807, 2.05) is 0 Å². The number of carbonyl (C=O) groups is 1. The summed E-state index contributed by atoms with van der Waals surface area (Å²) in [6.07, 6.45) is 17.2. The number of rotatable bonds is 5. The summed E-state index contributed by atoms with van der Waals surface area (Å²) >= 11 is 0. The second kappa shape index (κ2) is 9.04. The molecule has 0 saturated heterocycles. The molecule has 0 aliphatic heterocycles. The van der Waals surface area contributed by atoms with Gasteiger partial charge in [0.05, 0.1) is 0 Å². The average molecular weight is 369 g/mol. The van der Waals surface area contributed by atoms with Gasteiger partial charge in [0.25, 0.3) is 0 Å². The second-order valence-electron chi connectivity index (χ2n) is 10.5. The Bertz CT molecular complexity index is 677. The molecule has 0 aromatic rings. The lowest BCUT2D eigenvalue weighted by molar-refractivity contribution is -0.104. The van der Waals surface area contributed by atoms with Gasteiger partial charge in [-0.1, -0.05) is 91.3 Å². The summed E-state index contributed by atoms with van der Waals surface area (Å²) in [5, 5.41) is 0. The van der Waals surface area contributed by atoms with E-state index in [0.29, 0.717) is 0 Å². The van der Waals surface area contributed by atoms with Crippen LogP contribution < -0.4 is 0 Å². The standard InChI is InChI=1S/C26H40O/c1-20-12-11-18-26(8,9)23(20)16-15-21(24(2,3)4)13-10-14-22(17-19-27)25(5,6)7/h10,13-17,19H,11-12,18H2,1-9H3/b14-10+,16-15+,21-13-,22-17-. The number of carbonyl (C=O) groups excluding carboxylic acids is 1. The van der Waals surface area contributed by atoms with E-state index < -0.39 is 0 Å². The van der Waals surface area contributed by atoms with Crippen LogP contribution in [-0.2, 0) is 4.79 Å². The van der Waals surface area contributed by atoms with Crippen LogP contribution in [0, 0.1) is 16.2 Å². The molecule has 0 amide bonds. The molecule has 0 bridgehead atoms. The van der Waals surface area contributed by atoms with Crippen molar-refractivity contribution in [1.29, 1.82) is 0 Å². The van der Waals surface area contributed by atoms with E-state index in [0.717, 1.165) is 11.9 Å². The van der Waals surface area contributed by atoms with Gasteiger partial charge in [-0.05, 0) is 65.2 Å². The lowest BCUT2D eigenvalue weighted by atomic mass is 9.72. The molecule has 150 valence electrons. The lowest BCUT2D eigenvalue weighted by Crippen LogP contribution is -2.19. The fourth-order valence-electron chi connectivity index (χ4n) is 3.62. The van der Waals surface area contributed by atoms with Crippen molar-refractivity contribution in [1.82, 2.24) is 0 Å². The van der Waals surface area contributed by atoms with E-state index in [1.54, 1.807) is 6.08 Å². The molecule has 27 heavy (non-hydrogen) atoms. The number of hydrogen-bond donors (Lipinski definition) is 0. The third kappa shape index (κ3) is 7.13. The van der Waals surface area contributed by atoms with Crippen LogP contribution in [0.3, 0.4) is 0 Å². The van der Waals surface area contributed by atoms with Gasteiger partial charge in [-0.15, -0.1) is 0 Å². The van der Waals surface area contributed by atoms with Gasteiger partial charge in [-0.2, -0.15) is 0 Å². The third-order valence-electron chi connectivity index (χ3n) is 5.50. The Morgan fingerprint density at radius 1 is 0.926 bits per heavy atom. The molecule has 1 heteroatoms. The van der Waals surface area contributed by atoms with Crippen molar-refractivity contribution >= 4 is 6.29 Å². The Kier molecular flexibility index (Phi) is 7.84. The van der Waals surface area contributed by atoms with Crippen LogP contribution in [0.2, 0.25) is 0 Å². The van der Waals surface area contributed by atoms with Crippen LogP contribution in [0.15, 0.2) is 58.7 Å². The van der Waals surface area contributed by atoms with Crippen molar-refractivity contribution in [2.24, 2.45) is 16.2 Å². The molecule has 0 atom stereocenters. The van der Waals surface area contributed by atoms with Crippen molar-refractivity contribution in [3.05, 3.63) is 58.7 Å². The smallest absolute Gasteiger partial charge is 0.143 e. The van der Waals surface area contributed by atoms with Gasteiger partial charge in [0.2, 0.25) is 0 Å². The lowest BCUT2D eigenvalue weighted by Gasteiger charge is -2.33. The maximum Gasteiger partial charge on any atom is 0.143 e. The highest BCUT2D eigenvalue weighted by atomic mass is 16.1. The molecular weight excluding hydrogens is 328 g/mol. The fourth-order valence-corrected chi connectivity index (χ4v) is 3.62. The minimum atomic E-state index is -0.0446. The third-order valence-corrected chi connectivity index (χ3v) is 5.50. The molecule has 0 heterocycles. The average Bonchev–Trinajstić information content (AvgIpc) is 2.48. The SMILES string of the molecule is CC1=C(/C=C/C(=C/C=C/C(=C/C=O)C(C)(C)C)C(C)(C)C)C(C)(C)CCC1. The monoisotopic (exact) mass is 368 g/mol. The predicted octanol–water partition coefficient (Wildman–Crippen LogP) is 7.77. The molecule has 0 aromatic carbocycles. The van der Waals surface area contributed by atoms with Crippen LogP contribution in [0.1, 0.15) is 81.6 Å². The van der Waals surface area contributed by atoms with E-state index in [9.17, 15) is 4.79 Å². The Morgan fingerprint density at radius 3 is 1.96 bits per heavy atom. The first-order chi connectivity index (χ1) is 12.3. The Balaban J connectivity index is 3.21. The molecule has 0 radical (unpaired) electrons. The summed E-state index contributed by atoms with van der Waals surface area (Å²) in [6.45, 7) is 20.1. The largest absolute Gasteiger partial charge is 0.299 e. The van der Waals surface area contributed by atoms with Gasteiger partial charge >= 0.3 is 0 Å². The number of allylic oxidation sites excluding steroid dienone is 10. The summed E-state index contributed by atoms with van der Waals surface area (Å²) in [5.41, 5.74) is 5.61. The molecule has 0 aromatic heterocycles. The zero-order valence-corrected chi connectivity index (χ0v) is 19.1. The fraction of sp³-hybridized carbons (Fsp3) is 0.577. The van der Waals surface area contributed by atoms with Gasteiger partial charge in [0.15, 0.2) is 0 Å². The molecule has 0 fully saturated rings. The van der Waals surface area contributed by atoms with Crippen LogP contribution >= 0.6 is 0 Å². The molecule has 1 nitrogen and oxygen atoms in total. The van der Waals surface area contributed by atoms with Crippen molar-refractivity contribution in [2.75, 3.05) is 0 Å². The van der Waals surface area contributed by atoms with Gasteiger partial charge in [0, 0.05) is 0 Å². The van der Waals surface area contributed by atoms with Crippen LogP contribution in [0.5, 0.6) is 0 Å². The topological polar surface area (TPSA) is 17.1 Å². The van der Waals surface area contributed by atoms with Crippen LogP contribution in [-0.4, -0.2) is 6.29 Å².